The fourth-order valence-electron chi connectivity index (χ4n) is 13.5. The molecule has 0 amide bonds. The normalized spacial score (nSPS) is 14.4. The SMILES string of the molecule is CC(C)(C)c1ccc(N(c2ccc(C(C)(C)C)cc2)c2cc3c4c(c2)N(c2cc(N(c5ccc(C(C)(C)C)cc5)c5ccc(C(C)(C)C)cc5)c5c(c2)C(C)(C)c2ccccc2-5)c2ccc(C(C)(C)C)cc2B4c2cc(C(C)(C)C)ccc2O3)cc1. The van der Waals surface area contributed by atoms with Crippen molar-refractivity contribution in [3.8, 4) is 22.6 Å². The maximum atomic E-state index is 7.51. The molecule has 3 aliphatic rings. The molecule has 2 heterocycles. The number of fused-ring (bicyclic) bond motifs is 7. The molecule has 0 radical (unpaired) electrons. The average Bonchev–Trinajstić information content (AvgIpc) is 1.07. The Bertz CT molecular complexity index is 3970. The lowest BCUT2D eigenvalue weighted by Crippen LogP contribution is -2.60. The summed E-state index contributed by atoms with van der Waals surface area (Å²) in [5.41, 5.74) is 25.9. The van der Waals surface area contributed by atoms with Gasteiger partial charge in [-0.15, -0.1) is 0 Å². The predicted octanol–water partition coefficient (Wildman–Crippen LogP) is 21.1. The first-order valence-corrected chi connectivity index (χ1v) is 31.4. The molecule has 12 rings (SSSR count). The van der Waals surface area contributed by atoms with Crippen LogP contribution in [0, 0.1) is 0 Å². The highest BCUT2D eigenvalue weighted by Gasteiger charge is 2.46. The molecule has 0 N–H and O–H groups in total. The summed E-state index contributed by atoms with van der Waals surface area (Å²) in [4.78, 5) is 7.60. The van der Waals surface area contributed by atoms with E-state index in [2.05, 4.69) is 335 Å². The van der Waals surface area contributed by atoms with Gasteiger partial charge in [0.1, 0.15) is 11.5 Å². The fourth-order valence-corrected chi connectivity index (χ4v) is 13.5. The molecule has 1 aliphatic carbocycles. The van der Waals surface area contributed by atoms with Gasteiger partial charge in [0.25, 0.3) is 6.71 Å². The molecular formula is C81H90BN3O. The number of ether oxygens (including phenoxy) is 1. The number of hydrogen-bond acceptors (Lipinski definition) is 4. The van der Waals surface area contributed by atoms with E-state index in [0.29, 0.717) is 0 Å². The standard InChI is InChI=1S/C81H90BN3O/c1-75(2,3)51-25-35-57(36-26-51)83(58-37-27-52(28-38-58)76(4,5)6)62-49-70-74-72(50-62)86-71-44-34-56(80(16,17)18)46-67(71)82(74)66-45-55(79(13,14)15)33-43-68(66)85(70)61-47-65-73(63-23-21-22-24-64(63)81(65,19)20)69(48-61)84(59-39-29-53(30-40-59)77(7,8)9)60-41-31-54(32-42-60)78(10,11)12/h21-50H,1-20H3. The van der Waals surface area contributed by atoms with Crippen molar-refractivity contribution in [3.05, 3.63) is 226 Å². The molecule has 9 aromatic carbocycles. The van der Waals surface area contributed by atoms with Crippen LogP contribution in [0.5, 0.6) is 11.5 Å². The molecular weight excluding hydrogens is 1040 g/mol. The Labute approximate surface area is 516 Å². The molecule has 0 aromatic heterocycles. The summed E-state index contributed by atoms with van der Waals surface area (Å²) in [5.74, 6) is 1.77. The van der Waals surface area contributed by atoms with Crippen molar-refractivity contribution < 1.29 is 4.74 Å². The maximum Gasteiger partial charge on any atom is 0.256 e. The summed E-state index contributed by atoms with van der Waals surface area (Å²) in [5, 5.41) is 0. The van der Waals surface area contributed by atoms with Gasteiger partial charge in [-0.2, -0.15) is 0 Å². The number of hydrogen-bond donors (Lipinski definition) is 0. The summed E-state index contributed by atoms with van der Waals surface area (Å²) in [6.07, 6.45) is 0. The van der Waals surface area contributed by atoms with Gasteiger partial charge in [0.05, 0.1) is 11.4 Å². The lowest BCUT2D eigenvalue weighted by atomic mass is 9.33. The fraction of sp³-hybridized carbons (Fsp3) is 0.333. The minimum atomic E-state index is -0.340. The molecule has 2 aliphatic heterocycles. The van der Waals surface area contributed by atoms with Gasteiger partial charge >= 0.3 is 0 Å². The second kappa shape index (κ2) is 20.2. The zero-order valence-electron chi connectivity index (χ0n) is 55.1. The molecule has 86 heavy (non-hydrogen) atoms. The van der Waals surface area contributed by atoms with Gasteiger partial charge in [0.15, 0.2) is 0 Å². The third-order valence-electron chi connectivity index (χ3n) is 18.9. The maximum absolute atomic E-state index is 7.51. The van der Waals surface area contributed by atoms with Crippen LogP contribution in [0.3, 0.4) is 0 Å². The van der Waals surface area contributed by atoms with Gasteiger partial charge < -0.3 is 19.4 Å². The zero-order chi connectivity index (χ0) is 61.6. The third-order valence-corrected chi connectivity index (χ3v) is 18.9. The molecule has 9 aromatic rings. The molecule has 0 bridgehead atoms. The van der Waals surface area contributed by atoms with Crippen molar-refractivity contribution in [2.75, 3.05) is 14.7 Å². The van der Waals surface area contributed by atoms with Crippen LogP contribution < -0.4 is 35.8 Å². The first kappa shape index (κ1) is 58.6. The summed E-state index contributed by atoms with van der Waals surface area (Å²) in [7, 11) is 0. The van der Waals surface area contributed by atoms with E-state index in [9.17, 15) is 0 Å². The van der Waals surface area contributed by atoms with Crippen molar-refractivity contribution in [3.63, 3.8) is 0 Å². The Morgan fingerprint density at radius 2 is 0.779 bits per heavy atom. The van der Waals surface area contributed by atoms with Gasteiger partial charge in [-0.25, -0.2) is 0 Å². The van der Waals surface area contributed by atoms with Crippen molar-refractivity contribution in [1.82, 2.24) is 0 Å². The van der Waals surface area contributed by atoms with Crippen molar-refractivity contribution in [1.29, 1.82) is 0 Å². The molecule has 0 saturated carbocycles. The molecule has 0 saturated heterocycles. The van der Waals surface area contributed by atoms with Gasteiger partial charge in [0.2, 0.25) is 0 Å². The molecule has 0 fully saturated rings. The van der Waals surface area contributed by atoms with Crippen LogP contribution in [0.15, 0.2) is 182 Å². The van der Waals surface area contributed by atoms with Crippen molar-refractivity contribution in [2.24, 2.45) is 0 Å². The van der Waals surface area contributed by atoms with E-state index in [1.54, 1.807) is 0 Å². The Balaban J connectivity index is 1.20. The lowest BCUT2D eigenvalue weighted by molar-refractivity contribution is 0.486. The summed E-state index contributed by atoms with van der Waals surface area (Å²) < 4.78 is 7.51. The first-order valence-electron chi connectivity index (χ1n) is 31.4. The molecule has 0 spiro atoms. The van der Waals surface area contributed by atoms with Gasteiger partial charge in [-0.05, 0) is 178 Å². The van der Waals surface area contributed by atoms with Gasteiger partial charge in [-0.3, -0.25) is 0 Å². The number of rotatable bonds is 7. The monoisotopic (exact) mass is 1130 g/mol. The number of anilines is 9. The third kappa shape index (κ3) is 10.2. The quantitative estimate of drug-likeness (QED) is 0.148. The minimum absolute atomic E-state index is 0.0104. The van der Waals surface area contributed by atoms with E-state index in [0.717, 1.165) is 62.7 Å². The highest BCUT2D eigenvalue weighted by atomic mass is 16.5. The van der Waals surface area contributed by atoms with Gasteiger partial charge in [-0.1, -0.05) is 236 Å². The average molecular weight is 1130 g/mol. The second-order valence-corrected chi connectivity index (χ2v) is 31.7. The lowest BCUT2D eigenvalue weighted by Gasteiger charge is -2.42. The van der Waals surface area contributed by atoms with Crippen LogP contribution in [-0.2, 0) is 37.9 Å². The molecule has 4 nitrogen and oxygen atoms in total. The van der Waals surface area contributed by atoms with Crippen LogP contribution >= 0.6 is 0 Å². The van der Waals surface area contributed by atoms with E-state index in [-0.39, 0.29) is 44.6 Å². The van der Waals surface area contributed by atoms with Crippen LogP contribution in [-0.4, -0.2) is 6.71 Å². The largest absolute Gasteiger partial charge is 0.458 e. The Kier molecular flexibility index (Phi) is 13.7. The van der Waals surface area contributed by atoms with E-state index in [1.807, 2.05) is 0 Å². The smallest absolute Gasteiger partial charge is 0.256 e. The number of benzene rings is 9. The van der Waals surface area contributed by atoms with Crippen LogP contribution in [0.25, 0.3) is 11.1 Å². The molecule has 0 unspecified atom stereocenters. The Hall–Kier alpha value is -7.76. The van der Waals surface area contributed by atoms with Crippen LogP contribution in [0.2, 0.25) is 0 Å². The number of nitrogens with zero attached hydrogens (tertiary/aromatic N) is 3. The van der Waals surface area contributed by atoms with Crippen molar-refractivity contribution >= 4 is 74.3 Å². The summed E-state index contributed by atoms with van der Waals surface area (Å²) in [6, 6.07) is 70.5. The Morgan fingerprint density at radius 3 is 1.24 bits per heavy atom. The van der Waals surface area contributed by atoms with E-state index in [1.165, 1.54) is 72.0 Å². The second-order valence-electron chi connectivity index (χ2n) is 31.7. The van der Waals surface area contributed by atoms with Gasteiger partial charge in [0, 0.05) is 56.9 Å². The van der Waals surface area contributed by atoms with E-state index < -0.39 is 0 Å². The first-order chi connectivity index (χ1) is 40.2. The topological polar surface area (TPSA) is 19.0 Å². The molecule has 0 atom stereocenters. The molecule has 5 heteroatoms. The highest BCUT2D eigenvalue weighted by Crippen LogP contribution is 2.58. The zero-order valence-corrected chi connectivity index (χ0v) is 55.1. The van der Waals surface area contributed by atoms with E-state index >= 15 is 0 Å². The van der Waals surface area contributed by atoms with E-state index in [4.69, 9.17) is 4.74 Å². The van der Waals surface area contributed by atoms with Crippen LogP contribution in [0.4, 0.5) is 51.2 Å². The van der Waals surface area contributed by atoms with Crippen LogP contribution in [0.1, 0.15) is 183 Å². The Morgan fingerprint density at radius 1 is 0.360 bits per heavy atom. The highest BCUT2D eigenvalue weighted by molar-refractivity contribution is 6.99. The van der Waals surface area contributed by atoms with Crippen molar-refractivity contribution in [2.45, 2.75) is 176 Å². The summed E-state index contributed by atoms with van der Waals surface area (Å²) >= 11 is 0. The minimum Gasteiger partial charge on any atom is -0.458 e. The predicted molar refractivity (Wildman–Crippen MR) is 371 cm³/mol. The molecule has 438 valence electrons. The summed E-state index contributed by atoms with van der Waals surface area (Å²) in [6.45, 7) is 46.3.